The molecular weight excluding hydrogens is 470 g/mol. The summed E-state index contributed by atoms with van der Waals surface area (Å²) in [5.74, 6) is 0.240. The first kappa shape index (κ1) is 22.6. The van der Waals surface area contributed by atoms with Crippen molar-refractivity contribution >= 4 is 28.7 Å². The molecule has 0 aliphatic carbocycles. The number of nitrogens with one attached hydrogen (secondary N) is 1. The second kappa shape index (κ2) is 9.64. The minimum atomic E-state index is -0.136. The fourth-order valence-corrected chi connectivity index (χ4v) is 5.41. The molecule has 0 bridgehead atoms. The fraction of sp³-hybridized carbons (Fsp3) is 0.214. The number of ether oxygens (including phenoxy) is 1. The number of nitrogens with zero attached hydrogens (tertiary/aromatic N) is 4. The van der Waals surface area contributed by atoms with Crippen molar-refractivity contribution in [3.63, 3.8) is 0 Å². The van der Waals surface area contributed by atoms with Crippen LogP contribution in [-0.4, -0.2) is 46.1 Å². The number of hydrogen-bond donors (Lipinski definition) is 2. The van der Waals surface area contributed by atoms with E-state index in [1.807, 2.05) is 48.8 Å². The van der Waals surface area contributed by atoms with Gasteiger partial charge in [0.05, 0.1) is 24.9 Å². The molecule has 0 spiro atoms. The molecule has 182 valence electrons. The van der Waals surface area contributed by atoms with Crippen molar-refractivity contribution in [3.05, 3.63) is 103 Å². The highest BCUT2D eigenvalue weighted by atomic mass is 32.1. The summed E-state index contributed by atoms with van der Waals surface area (Å²) in [5, 5.41) is 14.0. The number of pyridine rings is 1. The van der Waals surface area contributed by atoms with Crippen LogP contribution >= 0.6 is 12.2 Å². The second-order valence-electron chi connectivity index (χ2n) is 8.93. The second-order valence-corrected chi connectivity index (χ2v) is 9.32. The van der Waals surface area contributed by atoms with Gasteiger partial charge in [0.2, 0.25) is 0 Å². The molecule has 2 fully saturated rings. The molecule has 2 atom stereocenters. The van der Waals surface area contributed by atoms with Gasteiger partial charge < -0.3 is 29.5 Å². The summed E-state index contributed by atoms with van der Waals surface area (Å²) in [6.45, 7) is 3.30. The highest BCUT2D eigenvalue weighted by Crippen LogP contribution is 2.42. The zero-order valence-electron chi connectivity index (χ0n) is 19.7. The number of anilines is 2. The molecule has 2 aliphatic heterocycles. The van der Waals surface area contributed by atoms with Crippen molar-refractivity contribution in [2.45, 2.75) is 12.1 Å². The molecule has 4 aromatic rings. The maximum atomic E-state index is 9.80. The van der Waals surface area contributed by atoms with Gasteiger partial charge in [-0.3, -0.25) is 4.98 Å². The van der Waals surface area contributed by atoms with Gasteiger partial charge in [-0.1, -0.05) is 6.07 Å². The van der Waals surface area contributed by atoms with Crippen LogP contribution in [0.2, 0.25) is 0 Å². The van der Waals surface area contributed by atoms with E-state index in [0.29, 0.717) is 5.11 Å². The van der Waals surface area contributed by atoms with Crippen LogP contribution in [-0.2, 0) is 4.74 Å². The number of hydrogen-bond acceptors (Lipinski definition) is 5. The molecule has 2 aliphatic rings. The number of aromatic nitrogens is 2. The van der Waals surface area contributed by atoms with Gasteiger partial charge in [0.15, 0.2) is 5.11 Å². The van der Waals surface area contributed by atoms with Gasteiger partial charge in [0.25, 0.3) is 0 Å². The molecule has 0 unspecified atom stereocenters. The number of benzene rings is 2. The predicted octanol–water partition coefficient (Wildman–Crippen LogP) is 4.59. The van der Waals surface area contributed by atoms with Crippen molar-refractivity contribution in [2.24, 2.45) is 0 Å². The largest absolute Gasteiger partial charge is 0.508 e. The zero-order chi connectivity index (χ0) is 24.5. The summed E-state index contributed by atoms with van der Waals surface area (Å²) in [7, 11) is 0. The predicted molar refractivity (Wildman–Crippen MR) is 145 cm³/mol. The van der Waals surface area contributed by atoms with Crippen molar-refractivity contribution in [2.75, 3.05) is 36.1 Å². The Balaban J connectivity index is 1.41. The van der Waals surface area contributed by atoms with Crippen LogP contribution in [0.1, 0.15) is 23.5 Å². The van der Waals surface area contributed by atoms with Crippen LogP contribution in [0.5, 0.6) is 5.75 Å². The van der Waals surface area contributed by atoms with E-state index in [2.05, 4.69) is 55.0 Å². The van der Waals surface area contributed by atoms with Gasteiger partial charge in [-0.05, 0) is 85.0 Å². The summed E-state index contributed by atoms with van der Waals surface area (Å²) in [5.41, 5.74) is 5.17. The molecular formula is C28H27N5O2S. The van der Waals surface area contributed by atoms with Crippen LogP contribution in [0.15, 0.2) is 91.3 Å². The van der Waals surface area contributed by atoms with E-state index in [1.54, 1.807) is 12.1 Å². The highest BCUT2D eigenvalue weighted by Gasteiger charge is 2.42. The van der Waals surface area contributed by atoms with Gasteiger partial charge in [-0.15, -0.1) is 0 Å². The van der Waals surface area contributed by atoms with E-state index in [1.165, 1.54) is 5.69 Å². The smallest absolute Gasteiger partial charge is 0.174 e. The lowest BCUT2D eigenvalue weighted by Crippen LogP contribution is -2.36. The topological polar surface area (TPSA) is 65.8 Å². The minimum Gasteiger partial charge on any atom is -0.508 e. The minimum absolute atomic E-state index is 0.134. The van der Waals surface area contributed by atoms with Crippen LogP contribution in [0.4, 0.5) is 11.4 Å². The molecule has 0 saturated carbocycles. The Morgan fingerprint density at radius 3 is 2.31 bits per heavy atom. The first-order valence-corrected chi connectivity index (χ1v) is 12.5. The molecule has 36 heavy (non-hydrogen) atoms. The maximum absolute atomic E-state index is 9.80. The van der Waals surface area contributed by atoms with E-state index in [4.69, 9.17) is 17.0 Å². The van der Waals surface area contributed by atoms with E-state index >= 15 is 0 Å². The van der Waals surface area contributed by atoms with Crippen molar-refractivity contribution in [1.82, 2.24) is 14.9 Å². The average Bonchev–Trinajstić information content (AvgIpc) is 3.54. The van der Waals surface area contributed by atoms with Crippen molar-refractivity contribution in [3.8, 4) is 11.4 Å². The van der Waals surface area contributed by atoms with Gasteiger partial charge >= 0.3 is 0 Å². The summed E-state index contributed by atoms with van der Waals surface area (Å²) in [6, 6.07) is 25.7. The molecule has 2 saturated heterocycles. The fourth-order valence-electron chi connectivity index (χ4n) is 5.06. The normalized spacial score (nSPS) is 19.9. The Morgan fingerprint density at radius 2 is 1.58 bits per heavy atom. The van der Waals surface area contributed by atoms with Crippen LogP contribution in [0.25, 0.3) is 5.69 Å². The molecule has 8 heteroatoms. The first-order chi connectivity index (χ1) is 17.7. The lowest BCUT2D eigenvalue weighted by molar-refractivity contribution is 0.122. The quantitative estimate of drug-likeness (QED) is 0.391. The lowest BCUT2D eigenvalue weighted by atomic mass is 10.0. The molecule has 2 aromatic heterocycles. The van der Waals surface area contributed by atoms with Crippen molar-refractivity contribution < 1.29 is 9.84 Å². The molecule has 0 radical (unpaired) electrons. The molecule has 2 aromatic carbocycles. The Hall–Kier alpha value is -3.88. The van der Waals surface area contributed by atoms with E-state index in [-0.39, 0.29) is 17.8 Å². The standard InChI is InChI=1S/C28H27N5O2S/c34-23-12-10-21(11-13-23)32-15-3-5-25(32)27-26(24-4-1-2-14-29-24)30-28(36)33(27)22-8-6-20(7-9-22)31-16-18-35-19-17-31/h1-15,26-27,34H,16-19H2,(H,30,36)/t26-,27+/m1/s1. The first-order valence-electron chi connectivity index (χ1n) is 12.1. The highest BCUT2D eigenvalue weighted by molar-refractivity contribution is 7.80. The van der Waals surface area contributed by atoms with E-state index in [9.17, 15) is 5.11 Å². The Kier molecular flexibility index (Phi) is 6.04. The summed E-state index contributed by atoms with van der Waals surface area (Å²) >= 11 is 5.90. The monoisotopic (exact) mass is 497 g/mol. The van der Waals surface area contributed by atoms with Crippen molar-refractivity contribution in [1.29, 1.82) is 0 Å². The lowest BCUT2D eigenvalue weighted by Gasteiger charge is -2.31. The Bertz CT molecular complexity index is 1330. The third-order valence-electron chi connectivity index (χ3n) is 6.81. The van der Waals surface area contributed by atoms with Gasteiger partial charge in [-0.2, -0.15) is 0 Å². The summed E-state index contributed by atoms with van der Waals surface area (Å²) < 4.78 is 7.65. The molecule has 0 amide bonds. The zero-order valence-corrected chi connectivity index (χ0v) is 20.5. The number of morpholine rings is 1. The Labute approximate surface area is 215 Å². The van der Waals surface area contributed by atoms with Gasteiger partial charge in [0.1, 0.15) is 11.8 Å². The van der Waals surface area contributed by atoms with Crippen LogP contribution in [0, 0.1) is 0 Å². The molecule has 4 heterocycles. The van der Waals surface area contributed by atoms with E-state index in [0.717, 1.165) is 49.1 Å². The number of aromatic hydroxyl groups is 1. The number of rotatable bonds is 5. The molecule has 2 N–H and O–H groups in total. The van der Waals surface area contributed by atoms with Gasteiger partial charge in [-0.25, -0.2) is 0 Å². The molecule has 7 nitrogen and oxygen atoms in total. The average molecular weight is 498 g/mol. The maximum Gasteiger partial charge on any atom is 0.174 e. The van der Waals surface area contributed by atoms with Crippen LogP contribution in [0.3, 0.4) is 0 Å². The third-order valence-corrected chi connectivity index (χ3v) is 7.13. The summed E-state index contributed by atoms with van der Waals surface area (Å²) in [4.78, 5) is 9.19. The number of phenolic OH excluding ortho intramolecular Hbond substituents is 1. The summed E-state index contributed by atoms with van der Waals surface area (Å²) in [6.07, 6.45) is 3.86. The number of phenols is 1. The van der Waals surface area contributed by atoms with E-state index < -0.39 is 0 Å². The number of thiocarbonyl (C=S) groups is 1. The molecule has 6 rings (SSSR count). The third kappa shape index (κ3) is 4.19. The van der Waals surface area contributed by atoms with Crippen LogP contribution < -0.4 is 15.1 Å². The Morgan fingerprint density at radius 1 is 0.861 bits per heavy atom. The van der Waals surface area contributed by atoms with Gasteiger partial charge in [0, 0.05) is 48.2 Å². The SMILES string of the molecule is Oc1ccc(-n2cccc2[C@H]2[C@@H](c3ccccn3)NC(=S)N2c2ccc(N3CCOCC3)cc2)cc1.